The fraction of sp³-hybridized carbons (Fsp3) is 0.600. The number of rotatable bonds is 4. The molecule has 0 heterocycles. The lowest BCUT2D eigenvalue weighted by Crippen LogP contribution is -2.36. The van der Waals surface area contributed by atoms with E-state index in [2.05, 4.69) is 0 Å². The Bertz CT molecular complexity index is 141. The van der Waals surface area contributed by atoms with Crippen molar-refractivity contribution < 1.29 is 24.9 Å². The number of carbonyl (C=O) groups excluding carboxylic acids is 2. The van der Waals surface area contributed by atoms with Crippen LogP contribution in [0.4, 0.5) is 0 Å². The van der Waals surface area contributed by atoms with E-state index < -0.39 is 24.5 Å². The van der Waals surface area contributed by atoms with Gasteiger partial charge in [-0.2, -0.15) is 0 Å². The van der Waals surface area contributed by atoms with Gasteiger partial charge in [0.05, 0.1) is 12.1 Å². The highest BCUT2D eigenvalue weighted by Gasteiger charge is 2.03. The average molecular weight is 146 g/mol. The van der Waals surface area contributed by atoms with Gasteiger partial charge in [0.15, 0.2) is 0 Å². The number of carbonyl (C=O) groups is 2. The lowest BCUT2D eigenvalue weighted by molar-refractivity contribution is -0.316. The Morgan fingerprint density at radius 3 is 2.20 bits per heavy atom. The summed E-state index contributed by atoms with van der Waals surface area (Å²) < 4.78 is 0. The summed E-state index contributed by atoms with van der Waals surface area (Å²) >= 11 is 0. The van der Waals surface area contributed by atoms with E-state index in [1.165, 1.54) is 0 Å². The van der Waals surface area contributed by atoms with Crippen molar-refractivity contribution in [3.05, 3.63) is 0 Å². The minimum Gasteiger partial charge on any atom is -0.550 e. The fourth-order valence-electron chi connectivity index (χ4n) is 0.372. The first-order chi connectivity index (χ1) is 4.54. The Balaban J connectivity index is 3.49. The number of aliphatic carboxylic acids is 2. The summed E-state index contributed by atoms with van der Waals surface area (Å²) in [5.74, 6) is -3.05. The highest BCUT2D eigenvalue weighted by atomic mass is 16.4. The molecule has 5 nitrogen and oxygen atoms in total. The van der Waals surface area contributed by atoms with Crippen molar-refractivity contribution in [3.8, 4) is 0 Å². The van der Waals surface area contributed by atoms with Gasteiger partial charge in [0.2, 0.25) is 0 Å². The van der Waals surface area contributed by atoms with E-state index in [0.29, 0.717) is 0 Å². The zero-order valence-corrected chi connectivity index (χ0v) is 5.07. The second-order valence-corrected chi connectivity index (χ2v) is 1.75. The van der Waals surface area contributed by atoms with Gasteiger partial charge >= 0.3 is 0 Å². The van der Waals surface area contributed by atoms with Crippen LogP contribution < -0.4 is 10.2 Å². The van der Waals surface area contributed by atoms with Crippen molar-refractivity contribution >= 4 is 11.9 Å². The zero-order valence-electron chi connectivity index (χ0n) is 5.07. The second kappa shape index (κ2) is 3.84. The molecule has 0 fully saturated rings. The molecule has 0 aliphatic heterocycles. The van der Waals surface area contributed by atoms with Crippen LogP contribution in [0.2, 0.25) is 0 Å². The van der Waals surface area contributed by atoms with Crippen molar-refractivity contribution in [2.45, 2.75) is 18.9 Å². The van der Waals surface area contributed by atoms with E-state index in [9.17, 15) is 19.8 Å². The van der Waals surface area contributed by atoms with Crippen LogP contribution in [0.3, 0.4) is 0 Å². The predicted molar refractivity (Wildman–Crippen MR) is 25.3 cm³/mol. The molecule has 0 aromatic rings. The molecule has 0 amide bonds. The molecule has 0 bridgehead atoms. The Morgan fingerprint density at radius 2 is 1.90 bits per heavy atom. The van der Waals surface area contributed by atoms with E-state index in [-0.39, 0.29) is 6.42 Å². The SMILES string of the molecule is O=C([O-])CC[C@H](O)C(=O)[O-]. The van der Waals surface area contributed by atoms with Gasteiger partial charge in [0, 0.05) is 5.97 Å². The molecule has 0 radical (unpaired) electrons. The topological polar surface area (TPSA) is 100 Å². The maximum atomic E-state index is 9.74. The number of hydrogen-bond acceptors (Lipinski definition) is 5. The summed E-state index contributed by atoms with van der Waals surface area (Å²) in [6.07, 6.45) is -2.56. The van der Waals surface area contributed by atoms with Crippen LogP contribution in [0.1, 0.15) is 12.8 Å². The van der Waals surface area contributed by atoms with Crippen molar-refractivity contribution in [1.29, 1.82) is 0 Å². The normalized spacial score (nSPS) is 12.5. The molecule has 0 saturated heterocycles. The maximum Gasteiger partial charge on any atom is 0.0937 e. The van der Waals surface area contributed by atoms with E-state index in [1.807, 2.05) is 0 Å². The quantitative estimate of drug-likeness (QED) is 0.446. The number of carboxylic acids is 2. The van der Waals surface area contributed by atoms with Crippen molar-refractivity contribution in [2.75, 3.05) is 0 Å². The Labute approximate surface area is 56.9 Å². The van der Waals surface area contributed by atoms with Gasteiger partial charge in [-0.05, 0) is 12.8 Å². The van der Waals surface area contributed by atoms with Crippen LogP contribution in [0.25, 0.3) is 0 Å². The molecule has 1 atom stereocenters. The third-order valence-corrected chi connectivity index (χ3v) is 0.894. The first-order valence-electron chi connectivity index (χ1n) is 2.63. The zero-order chi connectivity index (χ0) is 8.15. The van der Waals surface area contributed by atoms with Gasteiger partial charge in [-0.25, -0.2) is 0 Å². The summed E-state index contributed by atoms with van der Waals surface area (Å²) in [7, 11) is 0. The van der Waals surface area contributed by atoms with Gasteiger partial charge in [-0.15, -0.1) is 0 Å². The second-order valence-electron chi connectivity index (χ2n) is 1.75. The maximum absolute atomic E-state index is 9.74. The van der Waals surface area contributed by atoms with Crippen LogP contribution in [-0.2, 0) is 9.59 Å². The minimum atomic E-state index is -1.71. The predicted octanol–water partition coefficient (Wildman–Crippen LogP) is -3.37. The first-order valence-corrected chi connectivity index (χ1v) is 2.63. The summed E-state index contributed by atoms with van der Waals surface area (Å²) in [6.45, 7) is 0. The molecule has 5 heteroatoms. The van der Waals surface area contributed by atoms with E-state index in [0.717, 1.165) is 0 Å². The molecule has 0 rings (SSSR count). The van der Waals surface area contributed by atoms with Gasteiger partial charge in [-0.1, -0.05) is 0 Å². The van der Waals surface area contributed by atoms with Crippen molar-refractivity contribution in [1.82, 2.24) is 0 Å². The molecule has 0 spiro atoms. The summed E-state index contributed by atoms with van der Waals surface area (Å²) in [4.78, 5) is 19.4. The molecular weight excluding hydrogens is 140 g/mol. The van der Waals surface area contributed by atoms with E-state index >= 15 is 0 Å². The Kier molecular flexibility index (Phi) is 3.42. The monoisotopic (exact) mass is 146 g/mol. The molecule has 10 heavy (non-hydrogen) atoms. The molecule has 0 aliphatic rings. The average Bonchev–Trinajstić information content (AvgIpc) is 1.82. The Morgan fingerprint density at radius 1 is 1.40 bits per heavy atom. The molecular formula is C5H6O5-2. The number of aliphatic hydroxyl groups is 1. The van der Waals surface area contributed by atoms with Crippen molar-refractivity contribution in [2.24, 2.45) is 0 Å². The largest absolute Gasteiger partial charge is 0.550 e. The molecule has 1 N–H and O–H groups in total. The number of hydrogen-bond donors (Lipinski definition) is 1. The lowest BCUT2D eigenvalue weighted by Gasteiger charge is -2.10. The fourth-order valence-corrected chi connectivity index (χ4v) is 0.372. The molecule has 0 unspecified atom stereocenters. The molecule has 0 aliphatic carbocycles. The van der Waals surface area contributed by atoms with Crippen molar-refractivity contribution in [3.63, 3.8) is 0 Å². The molecule has 0 aromatic carbocycles. The summed E-state index contributed by atoms with van der Waals surface area (Å²) in [6, 6.07) is 0. The first kappa shape index (κ1) is 8.90. The number of carboxylic acid groups (broad SMARTS) is 2. The highest BCUT2D eigenvalue weighted by Crippen LogP contribution is 1.93. The third kappa shape index (κ3) is 3.85. The molecule has 0 saturated carbocycles. The van der Waals surface area contributed by atoms with Crippen LogP contribution >= 0.6 is 0 Å². The summed E-state index contributed by atoms with van der Waals surface area (Å²) in [5.41, 5.74) is 0. The molecule has 58 valence electrons. The lowest BCUT2D eigenvalue weighted by atomic mass is 10.2. The van der Waals surface area contributed by atoms with Crippen LogP contribution in [0.15, 0.2) is 0 Å². The van der Waals surface area contributed by atoms with Crippen LogP contribution in [-0.4, -0.2) is 23.1 Å². The summed E-state index contributed by atoms with van der Waals surface area (Å²) in [5, 5.41) is 27.9. The standard InChI is InChI=1S/C5H8O5/c6-3(5(9)10)1-2-4(7)8/h3,6H,1-2H2,(H,7,8)(H,9,10)/p-2/t3-/m0/s1. The highest BCUT2D eigenvalue weighted by molar-refractivity contribution is 5.71. The van der Waals surface area contributed by atoms with Gasteiger partial charge in [0.25, 0.3) is 0 Å². The van der Waals surface area contributed by atoms with Crippen LogP contribution in [0, 0.1) is 0 Å². The third-order valence-electron chi connectivity index (χ3n) is 0.894. The van der Waals surface area contributed by atoms with Gasteiger partial charge in [0.1, 0.15) is 0 Å². The Hall–Kier alpha value is -1.10. The smallest absolute Gasteiger partial charge is 0.0937 e. The van der Waals surface area contributed by atoms with Crippen LogP contribution in [0.5, 0.6) is 0 Å². The number of aliphatic hydroxyl groups excluding tert-OH is 1. The van der Waals surface area contributed by atoms with E-state index in [4.69, 9.17) is 5.11 Å². The molecule has 0 aromatic heterocycles. The van der Waals surface area contributed by atoms with Gasteiger partial charge < -0.3 is 24.9 Å². The minimum absolute atomic E-state index is 0.370. The van der Waals surface area contributed by atoms with E-state index in [1.54, 1.807) is 0 Å². The van der Waals surface area contributed by atoms with Gasteiger partial charge in [-0.3, -0.25) is 0 Å².